The van der Waals surface area contributed by atoms with Gasteiger partial charge in [0, 0.05) is 12.2 Å². The van der Waals surface area contributed by atoms with Gasteiger partial charge in [-0.05, 0) is 54.9 Å². The maximum absolute atomic E-state index is 6.12. The smallest absolute Gasteiger partial charge is 0.179 e. The Morgan fingerprint density at radius 2 is 1.79 bits per heavy atom. The van der Waals surface area contributed by atoms with E-state index in [9.17, 15) is 0 Å². The zero-order chi connectivity index (χ0) is 18.0. The first kappa shape index (κ1) is 19.4. The summed E-state index contributed by atoms with van der Waals surface area (Å²) in [6, 6.07) is 2.43. The molecule has 24 heavy (non-hydrogen) atoms. The van der Waals surface area contributed by atoms with Crippen molar-refractivity contribution in [3.63, 3.8) is 0 Å². The molecular weight excluding hydrogens is 320 g/mol. The van der Waals surface area contributed by atoms with Crippen molar-refractivity contribution in [2.75, 3.05) is 12.4 Å². The highest BCUT2D eigenvalue weighted by molar-refractivity contribution is 6.31. The lowest BCUT2D eigenvalue weighted by molar-refractivity contribution is 0.0968. The summed E-state index contributed by atoms with van der Waals surface area (Å²) >= 11 is 6.12. The Kier molecular flexibility index (Phi) is 6.06. The van der Waals surface area contributed by atoms with Crippen LogP contribution in [0.4, 0.5) is 5.69 Å². The van der Waals surface area contributed by atoms with Crippen molar-refractivity contribution in [2.24, 2.45) is 16.7 Å². The third kappa shape index (κ3) is 5.02. The van der Waals surface area contributed by atoms with Gasteiger partial charge in [-0.2, -0.15) is 0 Å². The molecule has 1 aromatic rings. The number of ether oxygens (including phenoxy) is 1. The fraction of sp³-hybridized carbons (Fsp3) is 0.750. The maximum atomic E-state index is 6.12. The third-order valence-corrected chi connectivity index (χ3v) is 5.51. The van der Waals surface area contributed by atoms with Gasteiger partial charge in [0.2, 0.25) is 0 Å². The molecule has 0 amide bonds. The van der Waals surface area contributed by atoms with E-state index in [0.29, 0.717) is 27.8 Å². The van der Waals surface area contributed by atoms with E-state index in [2.05, 4.69) is 44.9 Å². The first-order valence-corrected chi connectivity index (χ1v) is 9.45. The van der Waals surface area contributed by atoms with E-state index < -0.39 is 0 Å². The van der Waals surface area contributed by atoms with Gasteiger partial charge in [0.1, 0.15) is 0 Å². The molecule has 0 aliphatic heterocycles. The van der Waals surface area contributed by atoms with Gasteiger partial charge >= 0.3 is 0 Å². The second-order valence-corrected chi connectivity index (χ2v) is 9.46. The molecule has 0 aromatic carbocycles. The Hall–Kier alpha value is -0.960. The van der Waals surface area contributed by atoms with Crippen molar-refractivity contribution in [2.45, 2.75) is 72.8 Å². The van der Waals surface area contributed by atoms with Crippen molar-refractivity contribution in [3.05, 3.63) is 17.4 Å². The third-order valence-electron chi connectivity index (χ3n) is 5.24. The van der Waals surface area contributed by atoms with Gasteiger partial charge < -0.3 is 10.1 Å². The summed E-state index contributed by atoms with van der Waals surface area (Å²) in [6.07, 6.45) is 7.95. The minimum Gasteiger partial charge on any atom is -0.491 e. The molecule has 0 spiro atoms. The molecule has 4 heteroatoms. The molecular formula is C20H33ClN2O. The predicted octanol–water partition coefficient (Wildman–Crippen LogP) is 6.18. The molecule has 1 aliphatic carbocycles. The molecule has 1 saturated carbocycles. The Labute approximate surface area is 152 Å². The van der Waals surface area contributed by atoms with Crippen LogP contribution in [-0.4, -0.2) is 18.1 Å². The van der Waals surface area contributed by atoms with Crippen molar-refractivity contribution in [3.8, 4) is 5.75 Å². The van der Waals surface area contributed by atoms with Crippen molar-refractivity contribution in [1.29, 1.82) is 0 Å². The van der Waals surface area contributed by atoms with Crippen molar-refractivity contribution < 1.29 is 4.74 Å². The summed E-state index contributed by atoms with van der Waals surface area (Å²) in [5.74, 6) is 1.45. The van der Waals surface area contributed by atoms with Gasteiger partial charge in [0.25, 0.3) is 0 Å². The largest absolute Gasteiger partial charge is 0.491 e. The van der Waals surface area contributed by atoms with Gasteiger partial charge in [-0.25, -0.2) is 4.98 Å². The highest BCUT2D eigenvalue weighted by Crippen LogP contribution is 2.45. The summed E-state index contributed by atoms with van der Waals surface area (Å²) in [6.45, 7) is 11.9. The second kappa shape index (κ2) is 7.51. The van der Waals surface area contributed by atoms with E-state index in [4.69, 9.17) is 16.3 Å². The minimum atomic E-state index is 0.389. The Balaban J connectivity index is 1.95. The Morgan fingerprint density at radius 3 is 2.33 bits per heavy atom. The molecule has 1 heterocycles. The van der Waals surface area contributed by atoms with E-state index in [1.54, 1.807) is 13.3 Å². The number of pyridine rings is 1. The second-order valence-electron chi connectivity index (χ2n) is 9.10. The number of aromatic nitrogens is 1. The number of hydrogen-bond donors (Lipinski definition) is 1. The Bertz CT molecular complexity index is 543. The van der Waals surface area contributed by atoms with Crippen LogP contribution in [0.15, 0.2) is 12.3 Å². The summed E-state index contributed by atoms with van der Waals surface area (Å²) in [7, 11) is 1.64. The first-order valence-electron chi connectivity index (χ1n) is 9.07. The number of hydrogen-bond acceptors (Lipinski definition) is 3. The lowest BCUT2D eigenvalue weighted by Crippen LogP contribution is -2.35. The highest BCUT2D eigenvalue weighted by atomic mass is 35.5. The topological polar surface area (TPSA) is 34.1 Å². The van der Waals surface area contributed by atoms with E-state index in [-0.39, 0.29) is 0 Å². The summed E-state index contributed by atoms with van der Waals surface area (Å²) < 4.78 is 5.39. The van der Waals surface area contributed by atoms with Crippen LogP contribution in [0.25, 0.3) is 0 Å². The number of anilines is 1. The van der Waals surface area contributed by atoms with Crippen molar-refractivity contribution in [1.82, 2.24) is 4.98 Å². The number of nitrogens with zero attached hydrogens (tertiary/aromatic N) is 1. The standard InChI is InChI=1S/C20H33ClN2O/c1-19(2,3)13-20(4,5)14-7-9-15(10-8-14)23-16-11-12-22-18(21)17(16)24-6/h11-12,14-15H,7-10,13H2,1-6H3,(H,22,23). The number of rotatable bonds is 5. The summed E-state index contributed by atoms with van der Waals surface area (Å²) in [4.78, 5) is 4.08. The monoisotopic (exact) mass is 352 g/mol. The van der Waals surface area contributed by atoms with Crippen LogP contribution in [0.3, 0.4) is 0 Å². The minimum absolute atomic E-state index is 0.389. The molecule has 3 nitrogen and oxygen atoms in total. The van der Waals surface area contributed by atoms with E-state index >= 15 is 0 Å². The molecule has 0 saturated heterocycles. The number of methoxy groups -OCH3 is 1. The van der Waals surface area contributed by atoms with Gasteiger partial charge in [0.05, 0.1) is 12.8 Å². The molecule has 1 aromatic heterocycles. The van der Waals surface area contributed by atoms with Crippen LogP contribution in [-0.2, 0) is 0 Å². The van der Waals surface area contributed by atoms with Gasteiger partial charge in [-0.3, -0.25) is 0 Å². The van der Waals surface area contributed by atoms with Crippen LogP contribution in [0.2, 0.25) is 5.15 Å². The summed E-state index contributed by atoms with van der Waals surface area (Å²) in [5.41, 5.74) is 1.75. The molecule has 0 unspecified atom stereocenters. The highest BCUT2D eigenvalue weighted by Gasteiger charge is 2.36. The molecule has 1 N–H and O–H groups in total. The average Bonchev–Trinajstić information content (AvgIpc) is 2.45. The van der Waals surface area contributed by atoms with E-state index in [1.807, 2.05) is 6.07 Å². The van der Waals surface area contributed by atoms with Gasteiger partial charge in [-0.15, -0.1) is 0 Å². The lowest BCUT2D eigenvalue weighted by atomic mass is 9.64. The molecule has 2 rings (SSSR count). The molecule has 136 valence electrons. The molecule has 0 radical (unpaired) electrons. The van der Waals surface area contributed by atoms with Gasteiger partial charge in [0.15, 0.2) is 10.9 Å². The fourth-order valence-electron chi connectivity index (χ4n) is 4.48. The van der Waals surface area contributed by atoms with Crippen molar-refractivity contribution >= 4 is 17.3 Å². The average molecular weight is 353 g/mol. The summed E-state index contributed by atoms with van der Waals surface area (Å²) in [5, 5.41) is 4.03. The lowest BCUT2D eigenvalue weighted by Gasteiger charge is -2.43. The van der Waals surface area contributed by atoms with E-state index in [1.165, 1.54) is 32.1 Å². The molecule has 1 fully saturated rings. The number of halogens is 1. The van der Waals surface area contributed by atoms with Crippen LogP contribution < -0.4 is 10.1 Å². The first-order chi connectivity index (χ1) is 11.1. The molecule has 1 aliphatic rings. The SMILES string of the molecule is COc1c(NC2CCC(C(C)(C)CC(C)(C)C)CC2)ccnc1Cl. The normalized spacial score (nSPS) is 22.3. The predicted molar refractivity (Wildman–Crippen MR) is 103 cm³/mol. The number of nitrogens with one attached hydrogen (secondary N) is 1. The van der Waals surface area contributed by atoms with Crippen LogP contribution in [0.1, 0.15) is 66.7 Å². The van der Waals surface area contributed by atoms with Crippen LogP contribution >= 0.6 is 11.6 Å². The van der Waals surface area contributed by atoms with Crippen LogP contribution in [0.5, 0.6) is 5.75 Å². The Morgan fingerprint density at radius 1 is 1.17 bits per heavy atom. The quantitative estimate of drug-likeness (QED) is 0.642. The van der Waals surface area contributed by atoms with E-state index in [0.717, 1.165) is 11.6 Å². The van der Waals surface area contributed by atoms with Gasteiger partial charge in [-0.1, -0.05) is 46.2 Å². The molecule has 0 atom stereocenters. The van der Waals surface area contributed by atoms with Crippen LogP contribution in [0, 0.1) is 16.7 Å². The fourth-order valence-corrected chi connectivity index (χ4v) is 4.72. The maximum Gasteiger partial charge on any atom is 0.179 e. The zero-order valence-electron chi connectivity index (χ0n) is 16.1. The zero-order valence-corrected chi connectivity index (χ0v) is 16.8. The molecule has 0 bridgehead atoms.